The number of rotatable bonds is 4. The Labute approximate surface area is 131 Å². The predicted octanol–water partition coefficient (Wildman–Crippen LogP) is 0.984. The van der Waals surface area contributed by atoms with Crippen molar-refractivity contribution in [3.8, 4) is 0 Å². The molecule has 120 valence electrons. The Morgan fingerprint density at radius 3 is 1.86 bits per heavy atom. The third-order valence-electron chi connectivity index (χ3n) is 2.61. The molecule has 9 heteroatoms. The highest BCUT2D eigenvalue weighted by Gasteiger charge is 2.50. The SMILES string of the molecule is CC(=O)O[C@H]1O[C@H](CCl)[C@@H](Cl)[C@H](OC(C)=O)[C@H]1OC(C)=O. The first-order valence-corrected chi connectivity index (χ1v) is 7.10. The van der Waals surface area contributed by atoms with Crippen LogP contribution in [0, 0.1) is 0 Å². The van der Waals surface area contributed by atoms with Gasteiger partial charge in [0, 0.05) is 20.8 Å². The van der Waals surface area contributed by atoms with Crippen LogP contribution in [0.4, 0.5) is 0 Å². The highest BCUT2D eigenvalue weighted by Crippen LogP contribution is 2.31. The van der Waals surface area contributed by atoms with E-state index in [-0.39, 0.29) is 5.88 Å². The van der Waals surface area contributed by atoms with Crippen LogP contribution < -0.4 is 0 Å². The van der Waals surface area contributed by atoms with Crippen molar-refractivity contribution < 1.29 is 33.3 Å². The van der Waals surface area contributed by atoms with Crippen LogP contribution in [0.5, 0.6) is 0 Å². The highest BCUT2D eigenvalue weighted by molar-refractivity contribution is 6.23. The lowest BCUT2D eigenvalue weighted by molar-refractivity contribution is -0.262. The molecule has 1 aliphatic heterocycles. The Kier molecular flexibility index (Phi) is 6.70. The van der Waals surface area contributed by atoms with Crippen LogP contribution in [0.1, 0.15) is 20.8 Å². The highest BCUT2D eigenvalue weighted by atomic mass is 35.5. The van der Waals surface area contributed by atoms with Gasteiger partial charge in [0.15, 0.2) is 6.10 Å². The molecular formula is C12H16Cl2O7. The molecule has 1 heterocycles. The summed E-state index contributed by atoms with van der Waals surface area (Å²) < 4.78 is 20.5. The van der Waals surface area contributed by atoms with Crippen molar-refractivity contribution in [3.05, 3.63) is 0 Å². The van der Waals surface area contributed by atoms with Gasteiger partial charge in [0.25, 0.3) is 0 Å². The number of halogens is 2. The first-order valence-electron chi connectivity index (χ1n) is 6.13. The van der Waals surface area contributed by atoms with Crippen LogP contribution in [0.25, 0.3) is 0 Å². The summed E-state index contributed by atoms with van der Waals surface area (Å²) >= 11 is 11.9. The number of hydrogen-bond acceptors (Lipinski definition) is 7. The van der Waals surface area contributed by atoms with Gasteiger partial charge in [0.1, 0.15) is 5.38 Å². The zero-order valence-corrected chi connectivity index (χ0v) is 13.2. The molecule has 1 rings (SSSR count). The summed E-state index contributed by atoms with van der Waals surface area (Å²) in [4.78, 5) is 33.5. The number of hydrogen-bond donors (Lipinski definition) is 0. The molecule has 0 spiro atoms. The molecule has 0 amide bonds. The molecule has 0 N–H and O–H groups in total. The second-order valence-corrected chi connectivity index (χ2v) is 5.21. The fourth-order valence-electron chi connectivity index (χ4n) is 1.89. The zero-order chi connectivity index (χ0) is 16.2. The average molecular weight is 343 g/mol. The van der Waals surface area contributed by atoms with Gasteiger partial charge in [0.2, 0.25) is 12.4 Å². The van der Waals surface area contributed by atoms with Crippen molar-refractivity contribution in [1.29, 1.82) is 0 Å². The quantitative estimate of drug-likeness (QED) is 0.427. The lowest BCUT2D eigenvalue weighted by atomic mass is 10.0. The summed E-state index contributed by atoms with van der Waals surface area (Å²) in [7, 11) is 0. The first kappa shape index (κ1) is 18.0. The van der Waals surface area contributed by atoms with Crippen molar-refractivity contribution in [3.63, 3.8) is 0 Å². The number of carbonyl (C=O) groups is 3. The van der Waals surface area contributed by atoms with Crippen LogP contribution >= 0.6 is 23.2 Å². The molecule has 7 nitrogen and oxygen atoms in total. The lowest BCUT2D eigenvalue weighted by Crippen LogP contribution is -2.59. The maximum atomic E-state index is 11.2. The molecule has 21 heavy (non-hydrogen) atoms. The molecule has 0 bridgehead atoms. The summed E-state index contributed by atoms with van der Waals surface area (Å²) in [6.07, 6.45) is -4.21. The minimum absolute atomic E-state index is 0.0174. The summed E-state index contributed by atoms with van der Waals surface area (Å²) in [6.45, 7) is 3.50. The largest absolute Gasteiger partial charge is 0.457 e. The minimum atomic E-state index is -1.26. The molecule has 1 saturated heterocycles. The van der Waals surface area contributed by atoms with Gasteiger partial charge in [-0.15, -0.1) is 23.2 Å². The molecule has 0 saturated carbocycles. The van der Waals surface area contributed by atoms with Crippen LogP contribution in [0.2, 0.25) is 0 Å². The Hall–Kier alpha value is -1.05. The van der Waals surface area contributed by atoms with Gasteiger partial charge in [-0.05, 0) is 0 Å². The molecule has 1 aliphatic rings. The van der Waals surface area contributed by atoms with Gasteiger partial charge >= 0.3 is 17.9 Å². The lowest BCUT2D eigenvalue weighted by Gasteiger charge is -2.41. The number of esters is 3. The Balaban J connectivity index is 3.05. The van der Waals surface area contributed by atoms with Gasteiger partial charge in [-0.3, -0.25) is 14.4 Å². The smallest absolute Gasteiger partial charge is 0.305 e. The standard InChI is InChI=1S/C12H16Cl2O7/c1-5(15)18-10-9(14)8(4-13)21-12(20-7(3)17)11(10)19-6(2)16/h8-12H,4H2,1-3H3/t8-,9-,10+,11-,12+/m1/s1. The number of alkyl halides is 2. The van der Waals surface area contributed by atoms with E-state index in [1.165, 1.54) is 6.92 Å². The Morgan fingerprint density at radius 2 is 1.43 bits per heavy atom. The third-order valence-corrected chi connectivity index (χ3v) is 3.44. The van der Waals surface area contributed by atoms with E-state index >= 15 is 0 Å². The van der Waals surface area contributed by atoms with Gasteiger partial charge in [0.05, 0.1) is 12.0 Å². The maximum absolute atomic E-state index is 11.2. The topological polar surface area (TPSA) is 88.1 Å². The summed E-state index contributed by atoms with van der Waals surface area (Å²) in [5, 5.41) is -0.859. The molecule has 0 unspecified atom stereocenters. The Bertz CT molecular complexity index is 414. The van der Waals surface area contributed by atoms with Gasteiger partial charge in [-0.2, -0.15) is 0 Å². The molecule has 0 aromatic rings. The summed E-state index contributed by atoms with van der Waals surface area (Å²) in [5.41, 5.74) is 0. The molecule has 0 aromatic carbocycles. The van der Waals surface area contributed by atoms with Crippen molar-refractivity contribution >= 4 is 41.1 Å². The number of carbonyl (C=O) groups excluding carboxylic acids is 3. The van der Waals surface area contributed by atoms with Crippen LogP contribution in [-0.2, 0) is 33.3 Å². The number of ether oxygens (including phenoxy) is 4. The second-order valence-electron chi connectivity index (χ2n) is 4.40. The van der Waals surface area contributed by atoms with Crippen LogP contribution in [0.15, 0.2) is 0 Å². The normalized spacial score (nSPS) is 32.1. The molecule has 1 fully saturated rings. The fourth-order valence-corrected chi connectivity index (χ4v) is 2.59. The van der Waals surface area contributed by atoms with E-state index in [4.69, 9.17) is 42.1 Å². The molecule has 0 aliphatic carbocycles. The van der Waals surface area contributed by atoms with Crippen molar-refractivity contribution in [2.45, 2.75) is 50.8 Å². The van der Waals surface area contributed by atoms with E-state index in [0.29, 0.717) is 0 Å². The molecular weight excluding hydrogens is 327 g/mol. The van der Waals surface area contributed by atoms with Gasteiger partial charge in [-0.25, -0.2) is 0 Å². The predicted molar refractivity (Wildman–Crippen MR) is 71.9 cm³/mol. The Morgan fingerprint density at radius 1 is 0.952 bits per heavy atom. The van der Waals surface area contributed by atoms with E-state index in [0.717, 1.165) is 13.8 Å². The molecule has 0 radical (unpaired) electrons. The minimum Gasteiger partial charge on any atom is -0.457 e. The zero-order valence-electron chi connectivity index (χ0n) is 11.7. The van der Waals surface area contributed by atoms with Crippen molar-refractivity contribution in [2.24, 2.45) is 0 Å². The summed E-state index contributed by atoms with van der Waals surface area (Å²) in [5.74, 6) is -1.96. The third kappa shape index (κ3) is 5.01. The average Bonchev–Trinajstić information content (AvgIpc) is 2.35. The monoisotopic (exact) mass is 342 g/mol. The maximum Gasteiger partial charge on any atom is 0.305 e. The van der Waals surface area contributed by atoms with E-state index in [1.807, 2.05) is 0 Å². The molecule has 0 aromatic heterocycles. The van der Waals surface area contributed by atoms with E-state index < -0.39 is 47.9 Å². The molecule has 5 atom stereocenters. The van der Waals surface area contributed by atoms with E-state index in [2.05, 4.69) is 0 Å². The van der Waals surface area contributed by atoms with E-state index in [1.54, 1.807) is 0 Å². The van der Waals surface area contributed by atoms with Crippen molar-refractivity contribution in [2.75, 3.05) is 5.88 Å². The second kappa shape index (κ2) is 7.82. The summed E-state index contributed by atoms with van der Waals surface area (Å²) in [6, 6.07) is 0. The fraction of sp³-hybridized carbons (Fsp3) is 0.750. The van der Waals surface area contributed by atoms with Gasteiger partial charge < -0.3 is 18.9 Å². The van der Waals surface area contributed by atoms with Gasteiger partial charge in [-0.1, -0.05) is 0 Å². The van der Waals surface area contributed by atoms with Crippen LogP contribution in [-0.4, -0.2) is 53.8 Å². The van der Waals surface area contributed by atoms with Crippen LogP contribution in [0.3, 0.4) is 0 Å². The van der Waals surface area contributed by atoms with Crippen molar-refractivity contribution in [1.82, 2.24) is 0 Å². The first-order chi connectivity index (χ1) is 9.76. The van der Waals surface area contributed by atoms with E-state index in [9.17, 15) is 14.4 Å².